The van der Waals surface area contributed by atoms with Gasteiger partial charge in [-0.3, -0.25) is 5.10 Å². The molecule has 7 nitrogen and oxygen atoms in total. The van der Waals surface area contributed by atoms with Gasteiger partial charge >= 0.3 is 0 Å². The lowest BCUT2D eigenvalue weighted by molar-refractivity contribution is 0.137. The molecule has 1 aliphatic rings. The number of nitrogens with zero attached hydrogens (tertiary/aromatic N) is 6. The fraction of sp³-hybridized carbons (Fsp3) is 0.429. The maximum Gasteiger partial charge on any atom is 0.299 e. The maximum atomic E-state index is 12.9. The summed E-state index contributed by atoms with van der Waals surface area (Å²) in [4.78, 5) is 2.10. The van der Waals surface area contributed by atoms with E-state index in [1.165, 1.54) is 5.56 Å². The molecule has 1 saturated heterocycles. The van der Waals surface area contributed by atoms with Crippen molar-refractivity contribution in [1.82, 2.24) is 30.0 Å². The van der Waals surface area contributed by atoms with Gasteiger partial charge in [-0.25, -0.2) is 8.78 Å². The summed E-state index contributed by atoms with van der Waals surface area (Å²) in [6.07, 6.45) is 3.04. The molecule has 4 heterocycles. The highest BCUT2D eigenvalue weighted by Gasteiger charge is 2.23. The van der Waals surface area contributed by atoms with Gasteiger partial charge in [0.25, 0.3) is 6.43 Å². The molecule has 0 aromatic carbocycles. The number of fused-ring (bicyclic) bond motifs is 1. The second kappa shape index (κ2) is 5.56. The fourth-order valence-electron chi connectivity index (χ4n) is 3.03. The van der Waals surface area contributed by atoms with Gasteiger partial charge in [0.15, 0.2) is 5.65 Å². The third kappa shape index (κ3) is 2.51. The molecule has 4 rings (SSSR count). The van der Waals surface area contributed by atoms with Crippen LogP contribution in [0.25, 0.3) is 5.65 Å². The second-order valence-corrected chi connectivity index (χ2v) is 5.61. The smallest absolute Gasteiger partial charge is 0.299 e. The van der Waals surface area contributed by atoms with Gasteiger partial charge < -0.3 is 4.90 Å². The highest BCUT2D eigenvalue weighted by atomic mass is 19.3. The van der Waals surface area contributed by atoms with Crippen LogP contribution in [0.15, 0.2) is 24.5 Å². The van der Waals surface area contributed by atoms with E-state index in [2.05, 4.69) is 30.4 Å². The third-order valence-electron chi connectivity index (χ3n) is 4.28. The zero-order chi connectivity index (χ0) is 15.8. The number of halogens is 2. The van der Waals surface area contributed by atoms with Crippen molar-refractivity contribution in [1.29, 1.82) is 0 Å². The van der Waals surface area contributed by atoms with Crippen molar-refractivity contribution in [3.63, 3.8) is 0 Å². The SMILES string of the molecule is FC(F)c1nnc2ccc(N3CCC(c4cn[nH]c4)CC3)nn12. The molecule has 120 valence electrons. The largest absolute Gasteiger partial charge is 0.355 e. The van der Waals surface area contributed by atoms with Gasteiger partial charge in [0.2, 0.25) is 5.82 Å². The Bertz CT molecular complexity index is 791. The van der Waals surface area contributed by atoms with E-state index in [0.29, 0.717) is 17.4 Å². The molecule has 1 aliphatic heterocycles. The fourth-order valence-corrected chi connectivity index (χ4v) is 3.03. The molecular formula is C14H15F2N7. The zero-order valence-electron chi connectivity index (χ0n) is 12.2. The Labute approximate surface area is 130 Å². The number of nitrogens with one attached hydrogen (secondary N) is 1. The lowest BCUT2D eigenvalue weighted by atomic mass is 9.92. The highest BCUT2D eigenvalue weighted by molar-refractivity contribution is 5.46. The molecule has 23 heavy (non-hydrogen) atoms. The van der Waals surface area contributed by atoms with E-state index < -0.39 is 12.2 Å². The number of aromatic nitrogens is 6. The molecule has 0 bridgehead atoms. The summed E-state index contributed by atoms with van der Waals surface area (Å²) in [5.41, 5.74) is 1.55. The van der Waals surface area contributed by atoms with E-state index >= 15 is 0 Å². The van der Waals surface area contributed by atoms with Crippen LogP contribution in [0.3, 0.4) is 0 Å². The Morgan fingerprint density at radius 1 is 1.17 bits per heavy atom. The minimum atomic E-state index is -2.69. The van der Waals surface area contributed by atoms with Gasteiger partial charge in [-0.15, -0.1) is 15.3 Å². The van der Waals surface area contributed by atoms with E-state index in [4.69, 9.17) is 0 Å². The zero-order valence-corrected chi connectivity index (χ0v) is 12.2. The predicted molar refractivity (Wildman–Crippen MR) is 78.5 cm³/mol. The van der Waals surface area contributed by atoms with Crippen molar-refractivity contribution < 1.29 is 8.78 Å². The summed E-state index contributed by atoms with van der Waals surface area (Å²) >= 11 is 0. The molecule has 9 heteroatoms. The average Bonchev–Trinajstić information content (AvgIpc) is 3.24. The summed E-state index contributed by atoms with van der Waals surface area (Å²) in [5.74, 6) is 0.722. The third-order valence-corrected chi connectivity index (χ3v) is 4.28. The molecule has 1 N–H and O–H groups in total. The normalized spacial score (nSPS) is 16.6. The van der Waals surface area contributed by atoms with Crippen molar-refractivity contribution in [2.24, 2.45) is 0 Å². The van der Waals surface area contributed by atoms with Crippen LogP contribution in [0.1, 0.15) is 36.6 Å². The minimum absolute atomic E-state index is 0.331. The number of piperidine rings is 1. The standard InChI is InChI=1S/C14H15F2N7/c15-13(16)14-20-19-11-1-2-12(21-23(11)14)22-5-3-9(4-6-22)10-7-17-18-8-10/h1-2,7-9,13H,3-6H2,(H,17,18). The van der Waals surface area contributed by atoms with Gasteiger partial charge in [-0.2, -0.15) is 9.61 Å². The van der Waals surface area contributed by atoms with E-state index in [1.807, 2.05) is 12.4 Å². The molecule has 3 aromatic heterocycles. The van der Waals surface area contributed by atoms with Gasteiger partial charge in [0.1, 0.15) is 5.82 Å². The highest BCUT2D eigenvalue weighted by Crippen LogP contribution is 2.29. The van der Waals surface area contributed by atoms with Crippen LogP contribution in [0.4, 0.5) is 14.6 Å². The molecule has 0 spiro atoms. The number of hydrogen-bond acceptors (Lipinski definition) is 5. The van der Waals surface area contributed by atoms with Gasteiger partial charge in [-0.05, 0) is 36.5 Å². The van der Waals surface area contributed by atoms with Crippen LogP contribution < -0.4 is 4.90 Å². The van der Waals surface area contributed by atoms with Crippen molar-refractivity contribution >= 4 is 11.5 Å². The van der Waals surface area contributed by atoms with Gasteiger partial charge in [-0.1, -0.05) is 0 Å². The summed E-state index contributed by atoms with van der Waals surface area (Å²) < 4.78 is 27.0. The van der Waals surface area contributed by atoms with E-state index in [1.54, 1.807) is 12.1 Å². The number of rotatable bonds is 3. The van der Waals surface area contributed by atoms with Crippen LogP contribution in [0.5, 0.6) is 0 Å². The molecule has 0 aliphatic carbocycles. The second-order valence-electron chi connectivity index (χ2n) is 5.61. The summed E-state index contributed by atoms with van der Waals surface area (Å²) in [7, 11) is 0. The topological polar surface area (TPSA) is 75.0 Å². The Balaban J connectivity index is 1.55. The molecule has 3 aromatic rings. The van der Waals surface area contributed by atoms with E-state index in [0.717, 1.165) is 30.4 Å². The summed E-state index contributed by atoms with van der Waals surface area (Å²) in [6.45, 7) is 1.64. The van der Waals surface area contributed by atoms with Crippen LogP contribution >= 0.6 is 0 Å². The molecular weight excluding hydrogens is 304 g/mol. The summed E-state index contributed by atoms with van der Waals surface area (Å²) in [5, 5.41) is 18.3. The molecule has 0 saturated carbocycles. The molecule has 0 radical (unpaired) electrons. The molecule has 0 atom stereocenters. The molecule has 1 fully saturated rings. The number of H-pyrrole nitrogens is 1. The van der Waals surface area contributed by atoms with Gasteiger partial charge in [0, 0.05) is 19.3 Å². The number of anilines is 1. The van der Waals surface area contributed by atoms with Crippen molar-refractivity contribution in [3.05, 3.63) is 35.9 Å². The van der Waals surface area contributed by atoms with Crippen LogP contribution in [0.2, 0.25) is 0 Å². The number of aromatic amines is 1. The van der Waals surface area contributed by atoms with Crippen molar-refractivity contribution in [2.45, 2.75) is 25.2 Å². The van der Waals surface area contributed by atoms with Crippen molar-refractivity contribution in [3.8, 4) is 0 Å². The number of hydrogen-bond donors (Lipinski definition) is 1. The van der Waals surface area contributed by atoms with E-state index in [-0.39, 0.29) is 0 Å². The van der Waals surface area contributed by atoms with Crippen LogP contribution in [0, 0.1) is 0 Å². The lowest BCUT2D eigenvalue weighted by Crippen LogP contribution is -2.33. The Morgan fingerprint density at radius 3 is 2.70 bits per heavy atom. The summed E-state index contributed by atoms with van der Waals surface area (Å²) in [6, 6.07) is 3.47. The predicted octanol–water partition coefficient (Wildman–Crippen LogP) is 2.17. The van der Waals surface area contributed by atoms with E-state index in [9.17, 15) is 8.78 Å². The molecule has 0 amide bonds. The first-order chi connectivity index (χ1) is 11.2. The quantitative estimate of drug-likeness (QED) is 0.801. The number of alkyl halides is 2. The first-order valence-corrected chi connectivity index (χ1v) is 7.46. The Morgan fingerprint density at radius 2 is 2.00 bits per heavy atom. The van der Waals surface area contributed by atoms with Gasteiger partial charge in [0.05, 0.1) is 6.20 Å². The Kier molecular flexibility index (Phi) is 3.40. The first kappa shape index (κ1) is 14.0. The monoisotopic (exact) mass is 319 g/mol. The maximum absolute atomic E-state index is 12.9. The Hall–Kier alpha value is -2.58. The van der Waals surface area contributed by atoms with Crippen LogP contribution in [-0.2, 0) is 0 Å². The molecule has 0 unspecified atom stereocenters. The minimum Gasteiger partial charge on any atom is -0.355 e. The lowest BCUT2D eigenvalue weighted by Gasteiger charge is -2.32. The first-order valence-electron chi connectivity index (χ1n) is 7.46. The van der Waals surface area contributed by atoms with Crippen LogP contribution in [-0.4, -0.2) is 43.1 Å². The van der Waals surface area contributed by atoms with Crippen molar-refractivity contribution in [2.75, 3.05) is 18.0 Å². The average molecular weight is 319 g/mol.